The lowest BCUT2D eigenvalue weighted by Gasteiger charge is -2.21. The second kappa shape index (κ2) is 6.63. The molecule has 0 fully saturated rings. The van der Waals surface area contributed by atoms with Crippen molar-refractivity contribution in [3.63, 3.8) is 0 Å². The van der Waals surface area contributed by atoms with Crippen LogP contribution in [0.5, 0.6) is 0 Å². The van der Waals surface area contributed by atoms with E-state index in [2.05, 4.69) is 4.90 Å². The Bertz CT molecular complexity index is 1190. The number of fused-ring (bicyclic) bond motifs is 3. The van der Waals surface area contributed by atoms with Crippen LogP contribution in [-0.2, 0) is 24.3 Å². The van der Waals surface area contributed by atoms with Crippen molar-refractivity contribution in [3.8, 4) is 5.69 Å². The minimum Gasteiger partial charge on any atom is -0.368 e. The zero-order valence-corrected chi connectivity index (χ0v) is 16.1. The van der Waals surface area contributed by atoms with Gasteiger partial charge in [-0.05, 0) is 37.2 Å². The summed E-state index contributed by atoms with van der Waals surface area (Å²) in [5, 5.41) is 0.901. The topological polar surface area (TPSA) is 90.3 Å². The number of rotatable bonds is 3. The molecule has 7 nitrogen and oxygen atoms in total. The number of thiophene rings is 1. The molecule has 0 saturated carbocycles. The summed E-state index contributed by atoms with van der Waals surface area (Å²) in [5.41, 5.74) is 5.70. The van der Waals surface area contributed by atoms with Gasteiger partial charge in [0.15, 0.2) is 0 Å². The standard InChI is InChI=1S/C18H17ClN4O3S/c1-21-6-5-12-13(8-21)27-17-15(12)16(25)23(11-4-2-3-10(19)7-11)18(26)22(17)9-14(20)24/h2-4,7H,5-6,8-9H2,1H3,(H2,20,24). The number of halogens is 1. The third-order valence-corrected chi connectivity index (χ3v) is 6.17. The third-order valence-electron chi connectivity index (χ3n) is 4.69. The molecule has 0 unspecified atom stereocenters. The molecule has 2 aromatic heterocycles. The number of amides is 1. The average Bonchev–Trinajstić information content (AvgIpc) is 2.97. The van der Waals surface area contributed by atoms with E-state index in [1.54, 1.807) is 24.3 Å². The van der Waals surface area contributed by atoms with Crippen molar-refractivity contribution in [3.05, 3.63) is 60.6 Å². The molecule has 0 radical (unpaired) electrons. The van der Waals surface area contributed by atoms with Gasteiger partial charge >= 0.3 is 5.69 Å². The molecular formula is C18H17ClN4O3S. The molecule has 1 aromatic carbocycles. The summed E-state index contributed by atoms with van der Waals surface area (Å²) in [4.78, 5) is 41.7. The second-order valence-electron chi connectivity index (χ2n) is 6.63. The maximum Gasteiger partial charge on any atom is 0.337 e. The number of nitrogens with two attached hydrogens (primary N) is 1. The van der Waals surface area contributed by atoms with Gasteiger partial charge in [0.25, 0.3) is 5.56 Å². The molecular weight excluding hydrogens is 388 g/mol. The Morgan fingerprint density at radius 1 is 1.33 bits per heavy atom. The van der Waals surface area contributed by atoms with E-state index in [1.807, 2.05) is 7.05 Å². The number of primary amides is 1. The quantitative estimate of drug-likeness (QED) is 0.713. The summed E-state index contributed by atoms with van der Waals surface area (Å²) in [7, 11) is 2.01. The molecule has 27 heavy (non-hydrogen) atoms. The normalized spacial score (nSPS) is 14.4. The highest BCUT2D eigenvalue weighted by Crippen LogP contribution is 2.32. The van der Waals surface area contributed by atoms with Gasteiger partial charge in [0.05, 0.1) is 11.1 Å². The summed E-state index contributed by atoms with van der Waals surface area (Å²) >= 11 is 7.43. The van der Waals surface area contributed by atoms with Gasteiger partial charge < -0.3 is 10.6 Å². The van der Waals surface area contributed by atoms with E-state index in [0.717, 1.165) is 21.6 Å². The largest absolute Gasteiger partial charge is 0.368 e. The fourth-order valence-electron chi connectivity index (χ4n) is 3.47. The van der Waals surface area contributed by atoms with Crippen LogP contribution >= 0.6 is 22.9 Å². The fourth-order valence-corrected chi connectivity index (χ4v) is 5.07. The van der Waals surface area contributed by atoms with Crippen LogP contribution in [0.1, 0.15) is 10.4 Å². The summed E-state index contributed by atoms with van der Waals surface area (Å²) in [6, 6.07) is 6.53. The Balaban J connectivity index is 2.12. The number of carbonyl (C=O) groups excluding carboxylic acids is 1. The molecule has 4 rings (SSSR count). The lowest BCUT2D eigenvalue weighted by Crippen LogP contribution is -2.40. The van der Waals surface area contributed by atoms with Crippen molar-refractivity contribution in [1.82, 2.24) is 14.0 Å². The maximum absolute atomic E-state index is 13.3. The molecule has 3 aromatic rings. The Morgan fingerprint density at radius 2 is 2.11 bits per heavy atom. The van der Waals surface area contributed by atoms with E-state index in [1.165, 1.54) is 15.9 Å². The molecule has 140 valence electrons. The van der Waals surface area contributed by atoms with Gasteiger partial charge in [-0.1, -0.05) is 17.7 Å². The zero-order chi connectivity index (χ0) is 19.3. The summed E-state index contributed by atoms with van der Waals surface area (Å²) < 4.78 is 2.37. The highest BCUT2D eigenvalue weighted by atomic mass is 35.5. The Morgan fingerprint density at radius 3 is 2.81 bits per heavy atom. The van der Waals surface area contributed by atoms with Gasteiger partial charge in [0.2, 0.25) is 5.91 Å². The fraction of sp³-hybridized carbons (Fsp3) is 0.278. The molecule has 9 heteroatoms. The first-order valence-corrected chi connectivity index (χ1v) is 9.59. The molecule has 1 aliphatic rings. The van der Waals surface area contributed by atoms with Crippen LogP contribution in [0, 0.1) is 0 Å². The average molecular weight is 405 g/mol. The summed E-state index contributed by atoms with van der Waals surface area (Å²) in [6.45, 7) is 1.24. The van der Waals surface area contributed by atoms with Gasteiger partial charge in [0, 0.05) is 23.0 Å². The molecule has 0 bridgehead atoms. The van der Waals surface area contributed by atoms with Crippen LogP contribution < -0.4 is 17.0 Å². The molecule has 3 heterocycles. The molecule has 0 saturated heterocycles. The first-order valence-electron chi connectivity index (χ1n) is 8.39. The lowest BCUT2D eigenvalue weighted by molar-refractivity contribution is -0.118. The van der Waals surface area contributed by atoms with Gasteiger partial charge in [0.1, 0.15) is 11.4 Å². The summed E-state index contributed by atoms with van der Waals surface area (Å²) in [5.74, 6) is -0.641. The number of hydrogen-bond donors (Lipinski definition) is 1. The number of benzene rings is 1. The van der Waals surface area contributed by atoms with Crippen LogP contribution in [-0.4, -0.2) is 33.5 Å². The van der Waals surface area contributed by atoms with Crippen molar-refractivity contribution in [2.45, 2.75) is 19.5 Å². The molecule has 0 aliphatic carbocycles. The van der Waals surface area contributed by atoms with Crippen molar-refractivity contribution in [1.29, 1.82) is 0 Å². The van der Waals surface area contributed by atoms with Crippen LogP contribution in [0.3, 0.4) is 0 Å². The number of nitrogens with zero attached hydrogens (tertiary/aromatic N) is 3. The molecule has 1 aliphatic heterocycles. The van der Waals surface area contributed by atoms with E-state index < -0.39 is 11.6 Å². The first-order chi connectivity index (χ1) is 12.9. The predicted octanol–water partition coefficient (Wildman–Crippen LogP) is 1.34. The minimum absolute atomic E-state index is 0.286. The number of aromatic nitrogens is 2. The van der Waals surface area contributed by atoms with E-state index in [9.17, 15) is 14.4 Å². The van der Waals surface area contributed by atoms with Gasteiger partial charge in [-0.2, -0.15) is 0 Å². The van der Waals surface area contributed by atoms with Crippen molar-refractivity contribution in [2.75, 3.05) is 13.6 Å². The van der Waals surface area contributed by atoms with Crippen LogP contribution in [0.25, 0.3) is 15.9 Å². The SMILES string of the molecule is CN1CCc2c(sc3c2c(=O)n(-c2cccc(Cl)c2)c(=O)n3CC(N)=O)C1. The van der Waals surface area contributed by atoms with Gasteiger partial charge in [-0.3, -0.25) is 14.2 Å². The Hall–Kier alpha value is -2.42. The smallest absolute Gasteiger partial charge is 0.337 e. The highest BCUT2D eigenvalue weighted by Gasteiger charge is 2.26. The van der Waals surface area contributed by atoms with Crippen molar-refractivity contribution < 1.29 is 4.79 Å². The second-order valence-corrected chi connectivity index (χ2v) is 8.15. The molecule has 1 amide bonds. The van der Waals surface area contributed by atoms with Crippen LogP contribution in [0.15, 0.2) is 33.9 Å². The van der Waals surface area contributed by atoms with Crippen molar-refractivity contribution in [2.24, 2.45) is 5.73 Å². The molecule has 2 N–H and O–H groups in total. The lowest BCUT2D eigenvalue weighted by atomic mass is 10.1. The van der Waals surface area contributed by atoms with E-state index in [4.69, 9.17) is 17.3 Å². The minimum atomic E-state index is -0.641. The van der Waals surface area contributed by atoms with Crippen LogP contribution in [0.4, 0.5) is 0 Å². The van der Waals surface area contributed by atoms with E-state index >= 15 is 0 Å². The number of carbonyl (C=O) groups is 1. The van der Waals surface area contributed by atoms with E-state index in [0.29, 0.717) is 33.9 Å². The van der Waals surface area contributed by atoms with Crippen molar-refractivity contribution >= 4 is 39.1 Å². The van der Waals surface area contributed by atoms with Crippen LogP contribution in [0.2, 0.25) is 5.02 Å². The van der Waals surface area contributed by atoms with Gasteiger partial charge in [-0.25, -0.2) is 9.36 Å². The Labute approximate surface area is 163 Å². The Kier molecular flexibility index (Phi) is 4.41. The highest BCUT2D eigenvalue weighted by molar-refractivity contribution is 7.18. The monoisotopic (exact) mass is 404 g/mol. The maximum atomic E-state index is 13.3. The molecule has 0 spiro atoms. The molecule has 0 atom stereocenters. The summed E-state index contributed by atoms with van der Waals surface area (Å²) in [6.07, 6.45) is 0.714. The van der Waals surface area contributed by atoms with Gasteiger partial charge in [-0.15, -0.1) is 11.3 Å². The third kappa shape index (κ3) is 2.99. The zero-order valence-electron chi connectivity index (χ0n) is 14.6. The number of likely N-dealkylation sites (N-methyl/N-ethyl adjacent to an activating group) is 1. The van der Waals surface area contributed by atoms with E-state index in [-0.39, 0.29) is 12.1 Å². The predicted molar refractivity (Wildman–Crippen MR) is 106 cm³/mol. The first kappa shape index (κ1) is 18.0. The number of hydrogen-bond acceptors (Lipinski definition) is 5.